The smallest absolute Gasteiger partial charge is 0.124 e. The zero-order chi connectivity index (χ0) is 13.8. The van der Waals surface area contributed by atoms with Gasteiger partial charge in [0.25, 0.3) is 0 Å². The van der Waals surface area contributed by atoms with Crippen molar-refractivity contribution in [2.24, 2.45) is 0 Å². The Kier molecular flexibility index (Phi) is 3.94. The highest BCUT2D eigenvalue weighted by atomic mass is 35.5. The van der Waals surface area contributed by atoms with Crippen LogP contribution in [-0.2, 0) is 6.61 Å². The summed E-state index contributed by atoms with van der Waals surface area (Å²) in [5.74, 6) is 0.688. The first-order valence-electron chi connectivity index (χ1n) is 5.77. The molecule has 2 aromatic carbocycles. The lowest BCUT2D eigenvalue weighted by Gasteiger charge is -2.11. The summed E-state index contributed by atoms with van der Waals surface area (Å²) in [4.78, 5) is 0. The van der Waals surface area contributed by atoms with Gasteiger partial charge in [-0.3, -0.25) is 0 Å². The summed E-state index contributed by atoms with van der Waals surface area (Å²) in [6, 6.07) is 12.7. The van der Waals surface area contributed by atoms with E-state index in [1.165, 1.54) is 0 Å². The van der Waals surface area contributed by atoms with Gasteiger partial charge in [0.1, 0.15) is 12.4 Å². The standard InChI is InChI=1S/C15H13ClN2O/c1-10-2-3-11(8-17)6-15(10)19-9-12-4-5-13(16)7-14(12)18/h2-7H,9,18H2,1H3. The van der Waals surface area contributed by atoms with Crippen molar-refractivity contribution in [2.75, 3.05) is 5.73 Å². The molecule has 0 aliphatic carbocycles. The van der Waals surface area contributed by atoms with E-state index < -0.39 is 0 Å². The molecule has 2 aromatic rings. The summed E-state index contributed by atoms with van der Waals surface area (Å²) in [5, 5.41) is 9.47. The van der Waals surface area contributed by atoms with Crippen LogP contribution in [0.2, 0.25) is 5.02 Å². The summed E-state index contributed by atoms with van der Waals surface area (Å²) in [7, 11) is 0. The maximum atomic E-state index is 8.87. The average Bonchev–Trinajstić information content (AvgIpc) is 2.39. The molecule has 2 rings (SSSR count). The van der Waals surface area contributed by atoms with Crippen molar-refractivity contribution in [3.8, 4) is 11.8 Å². The first kappa shape index (κ1) is 13.3. The normalized spacial score (nSPS) is 9.95. The van der Waals surface area contributed by atoms with Crippen LogP contribution in [0.1, 0.15) is 16.7 Å². The predicted octanol–water partition coefficient (Wildman–Crippen LogP) is 3.68. The van der Waals surface area contributed by atoms with Gasteiger partial charge in [-0.25, -0.2) is 0 Å². The van der Waals surface area contributed by atoms with Crippen molar-refractivity contribution in [2.45, 2.75) is 13.5 Å². The Morgan fingerprint density at radius 2 is 2.05 bits per heavy atom. The third kappa shape index (κ3) is 3.18. The van der Waals surface area contributed by atoms with Gasteiger partial charge >= 0.3 is 0 Å². The largest absolute Gasteiger partial charge is 0.489 e. The number of benzene rings is 2. The Hall–Kier alpha value is -2.18. The minimum Gasteiger partial charge on any atom is -0.489 e. The van der Waals surface area contributed by atoms with Crippen LogP contribution < -0.4 is 10.5 Å². The Bertz CT molecular complexity index is 647. The Morgan fingerprint density at radius 1 is 1.26 bits per heavy atom. The average molecular weight is 273 g/mol. The highest BCUT2D eigenvalue weighted by molar-refractivity contribution is 6.30. The molecule has 0 aliphatic rings. The van der Waals surface area contributed by atoms with Crippen molar-refractivity contribution < 1.29 is 4.74 Å². The third-order valence-corrected chi connectivity index (χ3v) is 3.04. The second kappa shape index (κ2) is 5.64. The van der Waals surface area contributed by atoms with Crippen LogP contribution in [0.3, 0.4) is 0 Å². The number of nitrogens with two attached hydrogens (primary N) is 1. The minimum atomic E-state index is 0.346. The quantitative estimate of drug-likeness (QED) is 0.867. The van der Waals surface area contributed by atoms with E-state index in [1.54, 1.807) is 24.3 Å². The van der Waals surface area contributed by atoms with E-state index in [0.29, 0.717) is 28.6 Å². The molecule has 0 saturated heterocycles. The van der Waals surface area contributed by atoms with Crippen LogP contribution in [0.15, 0.2) is 36.4 Å². The van der Waals surface area contributed by atoms with Crippen LogP contribution >= 0.6 is 11.6 Å². The van der Waals surface area contributed by atoms with Crippen LogP contribution in [0.5, 0.6) is 5.75 Å². The highest BCUT2D eigenvalue weighted by Gasteiger charge is 2.04. The Labute approximate surface area is 117 Å². The van der Waals surface area contributed by atoms with E-state index in [9.17, 15) is 0 Å². The van der Waals surface area contributed by atoms with E-state index in [-0.39, 0.29) is 0 Å². The fourth-order valence-corrected chi connectivity index (χ4v) is 1.86. The Balaban J connectivity index is 2.16. The maximum Gasteiger partial charge on any atom is 0.124 e. The van der Waals surface area contributed by atoms with Crippen molar-refractivity contribution in [1.29, 1.82) is 5.26 Å². The van der Waals surface area contributed by atoms with E-state index >= 15 is 0 Å². The summed E-state index contributed by atoms with van der Waals surface area (Å²) in [6.07, 6.45) is 0. The van der Waals surface area contributed by atoms with Crippen LogP contribution in [0.4, 0.5) is 5.69 Å². The van der Waals surface area contributed by atoms with E-state index in [1.807, 2.05) is 19.1 Å². The molecular weight excluding hydrogens is 260 g/mol. The summed E-state index contributed by atoms with van der Waals surface area (Å²) in [5.41, 5.74) is 8.88. The highest BCUT2D eigenvalue weighted by Crippen LogP contribution is 2.23. The molecule has 0 atom stereocenters. The number of hydrogen-bond donors (Lipinski definition) is 1. The molecule has 2 N–H and O–H groups in total. The summed E-state index contributed by atoms with van der Waals surface area (Å²) in [6.45, 7) is 2.28. The molecular formula is C15H13ClN2O. The fraction of sp³-hybridized carbons (Fsp3) is 0.133. The van der Waals surface area contributed by atoms with Crippen molar-refractivity contribution in [1.82, 2.24) is 0 Å². The lowest BCUT2D eigenvalue weighted by Crippen LogP contribution is -2.01. The minimum absolute atomic E-state index is 0.346. The molecule has 0 aromatic heterocycles. The number of nitriles is 1. The number of anilines is 1. The van der Waals surface area contributed by atoms with Crippen molar-refractivity contribution in [3.05, 3.63) is 58.1 Å². The van der Waals surface area contributed by atoms with Crippen molar-refractivity contribution >= 4 is 17.3 Å². The molecule has 0 amide bonds. The number of nitrogens with zero attached hydrogens (tertiary/aromatic N) is 1. The van der Waals surface area contributed by atoms with E-state index in [0.717, 1.165) is 11.1 Å². The van der Waals surface area contributed by atoms with Crippen LogP contribution in [0.25, 0.3) is 0 Å². The van der Waals surface area contributed by atoms with Crippen LogP contribution in [-0.4, -0.2) is 0 Å². The molecule has 0 unspecified atom stereocenters. The number of nitrogen functional groups attached to an aromatic ring is 1. The first-order chi connectivity index (χ1) is 9.10. The molecule has 4 heteroatoms. The second-order valence-corrected chi connectivity index (χ2v) is 4.66. The molecule has 0 spiro atoms. The number of hydrogen-bond acceptors (Lipinski definition) is 3. The molecule has 0 fully saturated rings. The van der Waals surface area contributed by atoms with Gasteiger partial charge in [0, 0.05) is 16.3 Å². The predicted molar refractivity (Wildman–Crippen MR) is 76.1 cm³/mol. The fourth-order valence-electron chi connectivity index (χ4n) is 1.68. The van der Waals surface area contributed by atoms with E-state index in [4.69, 9.17) is 27.3 Å². The summed E-state index contributed by atoms with van der Waals surface area (Å²) >= 11 is 5.84. The van der Waals surface area contributed by atoms with Gasteiger partial charge in [-0.15, -0.1) is 0 Å². The molecule has 0 saturated carbocycles. The number of ether oxygens (including phenoxy) is 1. The molecule has 0 aliphatic heterocycles. The molecule has 0 bridgehead atoms. The monoisotopic (exact) mass is 272 g/mol. The zero-order valence-corrected chi connectivity index (χ0v) is 11.2. The van der Waals surface area contributed by atoms with Gasteiger partial charge in [0.05, 0.1) is 11.6 Å². The number of halogens is 1. The van der Waals surface area contributed by atoms with Gasteiger partial charge in [0.2, 0.25) is 0 Å². The van der Waals surface area contributed by atoms with Gasteiger partial charge in [0.15, 0.2) is 0 Å². The van der Waals surface area contributed by atoms with Gasteiger partial charge in [-0.05, 0) is 36.8 Å². The Morgan fingerprint density at radius 3 is 2.74 bits per heavy atom. The van der Waals surface area contributed by atoms with Crippen LogP contribution in [0, 0.1) is 18.3 Å². The van der Waals surface area contributed by atoms with Gasteiger partial charge in [-0.2, -0.15) is 5.26 Å². The molecule has 0 radical (unpaired) electrons. The third-order valence-electron chi connectivity index (χ3n) is 2.81. The zero-order valence-electron chi connectivity index (χ0n) is 10.5. The first-order valence-corrected chi connectivity index (χ1v) is 6.15. The maximum absolute atomic E-state index is 8.87. The topological polar surface area (TPSA) is 59.0 Å². The van der Waals surface area contributed by atoms with E-state index in [2.05, 4.69) is 6.07 Å². The molecule has 19 heavy (non-hydrogen) atoms. The number of rotatable bonds is 3. The lowest BCUT2D eigenvalue weighted by atomic mass is 10.1. The molecule has 3 nitrogen and oxygen atoms in total. The molecule has 0 heterocycles. The van der Waals surface area contributed by atoms with Crippen molar-refractivity contribution in [3.63, 3.8) is 0 Å². The SMILES string of the molecule is Cc1ccc(C#N)cc1OCc1ccc(Cl)cc1N. The summed E-state index contributed by atoms with van der Waals surface area (Å²) < 4.78 is 5.71. The number of aryl methyl sites for hydroxylation is 1. The molecule has 96 valence electrons. The van der Waals surface area contributed by atoms with Gasteiger partial charge < -0.3 is 10.5 Å². The second-order valence-electron chi connectivity index (χ2n) is 4.22. The van der Waals surface area contributed by atoms with Gasteiger partial charge in [-0.1, -0.05) is 23.7 Å². The lowest BCUT2D eigenvalue weighted by molar-refractivity contribution is 0.304.